The Bertz CT molecular complexity index is 749. The molecule has 22 heavy (non-hydrogen) atoms. The first-order valence-electron chi connectivity index (χ1n) is 7.72. The standard InChI is InChI=1S/C18H18N4/c1-2-5-14(6-3-1)9-16-11-18-21-20-17(22(18)13-16)10-15-7-4-8-19-12-15/h1-8,12,16H,9-11,13H2. The van der Waals surface area contributed by atoms with E-state index in [2.05, 4.69) is 56.1 Å². The molecule has 0 fully saturated rings. The molecule has 1 aliphatic heterocycles. The van der Waals surface area contributed by atoms with Crippen LogP contribution in [0.25, 0.3) is 0 Å². The summed E-state index contributed by atoms with van der Waals surface area (Å²) in [5.41, 5.74) is 2.59. The summed E-state index contributed by atoms with van der Waals surface area (Å²) in [5, 5.41) is 8.74. The summed E-state index contributed by atoms with van der Waals surface area (Å²) in [7, 11) is 0. The molecule has 1 unspecified atom stereocenters. The highest BCUT2D eigenvalue weighted by Gasteiger charge is 2.26. The van der Waals surface area contributed by atoms with Crippen LogP contribution in [-0.4, -0.2) is 19.7 Å². The van der Waals surface area contributed by atoms with Gasteiger partial charge < -0.3 is 4.57 Å². The Balaban J connectivity index is 1.48. The van der Waals surface area contributed by atoms with Crippen LogP contribution in [0.2, 0.25) is 0 Å². The van der Waals surface area contributed by atoms with Crippen molar-refractivity contribution in [2.24, 2.45) is 5.92 Å². The Kier molecular flexibility index (Phi) is 3.43. The van der Waals surface area contributed by atoms with E-state index < -0.39 is 0 Å². The lowest BCUT2D eigenvalue weighted by atomic mass is 9.98. The minimum absolute atomic E-state index is 0.626. The second kappa shape index (κ2) is 5.72. The van der Waals surface area contributed by atoms with E-state index in [1.165, 1.54) is 11.1 Å². The highest BCUT2D eigenvalue weighted by molar-refractivity contribution is 5.18. The Morgan fingerprint density at radius 1 is 1.00 bits per heavy atom. The number of rotatable bonds is 4. The summed E-state index contributed by atoms with van der Waals surface area (Å²) in [6, 6.07) is 14.8. The molecule has 0 bridgehead atoms. The minimum atomic E-state index is 0.626. The minimum Gasteiger partial charge on any atom is -0.314 e. The molecule has 2 aromatic heterocycles. The van der Waals surface area contributed by atoms with Crippen LogP contribution < -0.4 is 0 Å². The van der Waals surface area contributed by atoms with Gasteiger partial charge in [-0.05, 0) is 29.5 Å². The fraction of sp³-hybridized carbons (Fsp3) is 0.278. The summed E-state index contributed by atoms with van der Waals surface area (Å²) in [5.74, 6) is 2.80. The van der Waals surface area contributed by atoms with E-state index in [1.54, 1.807) is 6.20 Å². The third-order valence-corrected chi connectivity index (χ3v) is 4.27. The zero-order valence-electron chi connectivity index (χ0n) is 12.4. The van der Waals surface area contributed by atoms with Gasteiger partial charge in [0.05, 0.1) is 0 Å². The molecule has 1 aromatic carbocycles. The highest BCUT2D eigenvalue weighted by Crippen LogP contribution is 2.24. The molecule has 110 valence electrons. The summed E-state index contributed by atoms with van der Waals surface area (Å²) in [6.45, 7) is 1.02. The number of hydrogen-bond acceptors (Lipinski definition) is 3. The Hall–Kier alpha value is -2.49. The Morgan fingerprint density at radius 2 is 1.86 bits per heavy atom. The van der Waals surface area contributed by atoms with Gasteiger partial charge in [0.1, 0.15) is 11.6 Å². The van der Waals surface area contributed by atoms with Crippen molar-refractivity contribution in [1.29, 1.82) is 0 Å². The van der Waals surface area contributed by atoms with Gasteiger partial charge in [0, 0.05) is 31.8 Å². The largest absolute Gasteiger partial charge is 0.314 e. The first-order chi connectivity index (χ1) is 10.9. The predicted molar refractivity (Wildman–Crippen MR) is 84.4 cm³/mol. The predicted octanol–water partition coefficient (Wildman–Crippen LogP) is 2.68. The highest BCUT2D eigenvalue weighted by atomic mass is 15.3. The number of hydrogen-bond donors (Lipinski definition) is 0. The molecule has 0 N–H and O–H groups in total. The molecule has 0 aliphatic carbocycles. The van der Waals surface area contributed by atoms with Gasteiger partial charge in [-0.2, -0.15) is 0 Å². The molecular formula is C18H18N4. The van der Waals surface area contributed by atoms with Gasteiger partial charge in [0.2, 0.25) is 0 Å². The molecule has 0 saturated carbocycles. The third kappa shape index (κ3) is 2.64. The van der Waals surface area contributed by atoms with Gasteiger partial charge in [-0.25, -0.2) is 0 Å². The second-order valence-electron chi connectivity index (χ2n) is 5.94. The van der Waals surface area contributed by atoms with Crippen molar-refractivity contribution in [2.75, 3.05) is 0 Å². The number of fused-ring (bicyclic) bond motifs is 1. The van der Waals surface area contributed by atoms with Crippen LogP contribution >= 0.6 is 0 Å². The maximum atomic E-state index is 4.38. The normalized spacial score (nSPS) is 16.6. The fourth-order valence-electron chi connectivity index (χ4n) is 3.22. The molecule has 0 spiro atoms. The van der Waals surface area contributed by atoms with E-state index >= 15 is 0 Å². The lowest BCUT2D eigenvalue weighted by molar-refractivity contribution is 0.498. The van der Waals surface area contributed by atoms with Crippen LogP contribution in [0.15, 0.2) is 54.9 Å². The topological polar surface area (TPSA) is 43.6 Å². The maximum absolute atomic E-state index is 4.38. The van der Waals surface area contributed by atoms with Crippen LogP contribution in [0.4, 0.5) is 0 Å². The van der Waals surface area contributed by atoms with Crippen LogP contribution in [0.1, 0.15) is 22.8 Å². The van der Waals surface area contributed by atoms with E-state index in [0.717, 1.165) is 37.5 Å². The molecule has 4 heteroatoms. The molecule has 0 radical (unpaired) electrons. The van der Waals surface area contributed by atoms with E-state index in [0.29, 0.717) is 5.92 Å². The van der Waals surface area contributed by atoms with Gasteiger partial charge in [-0.3, -0.25) is 4.98 Å². The average molecular weight is 290 g/mol. The molecule has 1 atom stereocenters. The zero-order valence-corrected chi connectivity index (χ0v) is 12.4. The van der Waals surface area contributed by atoms with E-state index in [-0.39, 0.29) is 0 Å². The first kappa shape index (κ1) is 13.2. The molecule has 4 nitrogen and oxygen atoms in total. The zero-order chi connectivity index (χ0) is 14.8. The second-order valence-corrected chi connectivity index (χ2v) is 5.94. The van der Waals surface area contributed by atoms with Gasteiger partial charge in [-0.15, -0.1) is 10.2 Å². The van der Waals surface area contributed by atoms with Crippen molar-refractivity contribution < 1.29 is 0 Å². The van der Waals surface area contributed by atoms with Crippen LogP contribution in [0, 0.1) is 5.92 Å². The Labute approximate surface area is 129 Å². The lowest BCUT2D eigenvalue weighted by Gasteiger charge is -2.09. The maximum Gasteiger partial charge on any atom is 0.137 e. The van der Waals surface area contributed by atoms with Crippen molar-refractivity contribution in [3.8, 4) is 0 Å². The average Bonchev–Trinajstić information content (AvgIpc) is 3.11. The van der Waals surface area contributed by atoms with E-state index in [1.807, 2.05) is 12.3 Å². The summed E-state index contributed by atoms with van der Waals surface area (Å²) in [6.07, 6.45) is 6.63. The van der Waals surface area contributed by atoms with Crippen LogP contribution in [0.5, 0.6) is 0 Å². The molecule has 0 saturated heterocycles. The smallest absolute Gasteiger partial charge is 0.137 e. The van der Waals surface area contributed by atoms with E-state index in [9.17, 15) is 0 Å². The van der Waals surface area contributed by atoms with Crippen LogP contribution in [-0.2, 0) is 25.8 Å². The number of aromatic nitrogens is 4. The summed E-state index contributed by atoms with van der Waals surface area (Å²) >= 11 is 0. The number of nitrogens with zero attached hydrogens (tertiary/aromatic N) is 4. The molecule has 1 aliphatic rings. The third-order valence-electron chi connectivity index (χ3n) is 4.27. The van der Waals surface area contributed by atoms with Gasteiger partial charge in [0.15, 0.2) is 0 Å². The molecule has 3 aromatic rings. The van der Waals surface area contributed by atoms with Crippen molar-refractivity contribution >= 4 is 0 Å². The van der Waals surface area contributed by atoms with E-state index in [4.69, 9.17) is 0 Å². The molecule has 0 amide bonds. The molecular weight excluding hydrogens is 272 g/mol. The number of pyridine rings is 1. The quantitative estimate of drug-likeness (QED) is 0.742. The van der Waals surface area contributed by atoms with Crippen molar-refractivity contribution in [2.45, 2.75) is 25.8 Å². The number of benzene rings is 1. The SMILES string of the molecule is c1ccc(CC2Cc3nnc(Cc4cccnc4)n3C2)cc1. The summed E-state index contributed by atoms with van der Waals surface area (Å²) < 4.78 is 2.29. The first-order valence-corrected chi connectivity index (χ1v) is 7.72. The van der Waals surface area contributed by atoms with Gasteiger partial charge >= 0.3 is 0 Å². The van der Waals surface area contributed by atoms with Crippen molar-refractivity contribution in [3.63, 3.8) is 0 Å². The molecule has 3 heterocycles. The lowest BCUT2D eigenvalue weighted by Crippen LogP contribution is -2.09. The van der Waals surface area contributed by atoms with Crippen LogP contribution in [0.3, 0.4) is 0 Å². The van der Waals surface area contributed by atoms with Crippen molar-refractivity contribution in [3.05, 3.63) is 77.6 Å². The Morgan fingerprint density at radius 3 is 2.68 bits per heavy atom. The van der Waals surface area contributed by atoms with Gasteiger partial charge in [-0.1, -0.05) is 36.4 Å². The fourth-order valence-corrected chi connectivity index (χ4v) is 3.22. The van der Waals surface area contributed by atoms with Gasteiger partial charge in [0.25, 0.3) is 0 Å². The monoisotopic (exact) mass is 290 g/mol. The molecule has 4 rings (SSSR count). The van der Waals surface area contributed by atoms with Crippen molar-refractivity contribution in [1.82, 2.24) is 19.7 Å². The summed E-state index contributed by atoms with van der Waals surface area (Å²) in [4.78, 5) is 4.17.